The minimum Gasteiger partial charge on any atom is -0.453 e. The van der Waals surface area contributed by atoms with E-state index in [4.69, 9.17) is 4.74 Å². The Morgan fingerprint density at radius 1 is 1.00 bits per heavy atom. The van der Waals surface area contributed by atoms with Crippen LogP contribution in [0.1, 0.15) is 19.3 Å². The van der Waals surface area contributed by atoms with Gasteiger partial charge in [0.2, 0.25) is 5.78 Å². The molecule has 0 aliphatic heterocycles. The fourth-order valence-electron chi connectivity index (χ4n) is 1.16. The number of hydrogen-bond donors (Lipinski definition) is 0. The lowest BCUT2D eigenvalue weighted by Gasteiger charge is -2.00. The Hall–Kier alpha value is -0.500. The number of Topliss-reactive ketones (excluding diaryl/α,β-unsaturated/α-hetero) is 1. The second-order valence-corrected chi connectivity index (χ2v) is 8.13. The smallest absolute Gasteiger partial charge is 0.348 e. The monoisotopic (exact) mass is 408 g/mol. The van der Waals surface area contributed by atoms with E-state index in [9.17, 15) is 9.59 Å². The minimum atomic E-state index is -0.477. The van der Waals surface area contributed by atoms with Crippen molar-refractivity contribution >= 4 is 66.3 Å². The Morgan fingerprint density at radius 3 is 2.06 bits per heavy atom. The molecule has 0 aliphatic rings. The van der Waals surface area contributed by atoms with Crippen molar-refractivity contribution < 1.29 is 14.3 Å². The Bertz CT molecular complexity index is 536. The highest BCUT2D eigenvalue weighted by Crippen LogP contribution is 2.24. The third kappa shape index (κ3) is 3.50. The van der Waals surface area contributed by atoms with Gasteiger partial charge in [0.05, 0.1) is 12.4 Å². The van der Waals surface area contributed by atoms with E-state index in [0.717, 1.165) is 7.57 Å². The molecule has 0 spiro atoms. The van der Waals surface area contributed by atoms with Crippen LogP contribution in [0.25, 0.3) is 0 Å². The molecule has 2 heterocycles. The molecule has 0 saturated heterocycles. The van der Waals surface area contributed by atoms with Gasteiger partial charge in [-0.3, -0.25) is 4.79 Å². The molecule has 2 aromatic rings. The first-order chi connectivity index (χ1) is 8.56. The molecule has 0 N–H and O–H groups in total. The minimum absolute atomic E-state index is 0.199. The highest BCUT2D eigenvalue weighted by Gasteiger charge is 2.14. The largest absolute Gasteiger partial charge is 0.453 e. The predicted molar refractivity (Wildman–Crippen MR) is 78.7 cm³/mol. The third-order valence-corrected chi connectivity index (χ3v) is 5.23. The molecule has 3 nitrogen and oxygen atoms in total. The van der Waals surface area contributed by atoms with Gasteiger partial charge in [-0.25, -0.2) is 4.79 Å². The molecule has 18 heavy (non-hydrogen) atoms. The second-order valence-electron chi connectivity index (χ2n) is 3.21. The molecule has 0 aliphatic carbocycles. The first-order valence-corrected chi connectivity index (χ1v) is 7.99. The van der Waals surface area contributed by atoms with Crippen molar-refractivity contribution in [3.63, 3.8) is 0 Å². The summed E-state index contributed by atoms with van der Waals surface area (Å²) in [5.74, 6) is -0.677. The topological polar surface area (TPSA) is 43.4 Å². The van der Waals surface area contributed by atoms with E-state index in [0.29, 0.717) is 9.75 Å². The molecule has 0 fully saturated rings. The van der Waals surface area contributed by atoms with E-state index in [-0.39, 0.29) is 12.4 Å². The summed E-state index contributed by atoms with van der Waals surface area (Å²) in [5.41, 5.74) is 0. The van der Waals surface area contributed by atoms with Gasteiger partial charge < -0.3 is 4.74 Å². The van der Waals surface area contributed by atoms with Crippen molar-refractivity contribution in [3.05, 3.63) is 41.6 Å². The van der Waals surface area contributed by atoms with Crippen molar-refractivity contribution in [2.45, 2.75) is 0 Å². The van der Waals surface area contributed by atoms with Crippen LogP contribution in [0.5, 0.6) is 0 Å². The zero-order chi connectivity index (χ0) is 13.1. The van der Waals surface area contributed by atoms with Gasteiger partial charge in [0.25, 0.3) is 0 Å². The lowest BCUT2D eigenvalue weighted by Crippen LogP contribution is -2.12. The summed E-state index contributed by atoms with van der Waals surface area (Å²) in [6.07, 6.45) is 0. The molecule has 94 valence electrons. The molecule has 0 saturated carbocycles. The standard InChI is InChI=1S/C11H6Br2O3S2/c12-9-3-1-7(17-9)6(14)5-16-11(15)8-2-4-10(13)18-8/h1-4H,5H2. The van der Waals surface area contributed by atoms with Crippen LogP contribution in [-0.2, 0) is 4.74 Å². The summed E-state index contributed by atoms with van der Waals surface area (Å²) in [7, 11) is 0. The molecule has 0 atom stereocenters. The normalized spacial score (nSPS) is 10.3. The van der Waals surface area contributed by atoms with Gasteiger partial charge in [-0.05, 0) is 56.1 Å². The molecular formula is C11H6Br2O3S2. The average Bonchev–Trinajstić information content (AvgIpc) is 2.94. The number of rotatable bonds is 4. The van der Waals surface area contributed by atoms with Crippen LogP contribution in [-0.4, -0.2) is 18.4 Å². The van der Waals surface area contributed by atoms with Crippen molar-refractivity contribution in [1.82, 2.24) is 0 Å². The van der Waals surface area contributed by atoms with Crippen LogP contribution >= 0.6 is 54.5 Å². The summed E-state index contributed by atoms with van der Waals surface area (Å²) >= 11 is 9.13. The number of thiophene rings is 2. The fourth-order valence-corrected chi connectivity index (χ4v) is 3.75. The molecule has 2 aromatic heterocycles. The van der Waals surface area contributed by atoms with E-state index >= 15 is 0 Å². The van der Waals surface area contributed by atoms with Gasteiger partial charge in [0, 0.05) is 0 Å². The average molecular weight is 410 g/mol. The lowest BCUT2D eigenvalue weighted by atomic mass is 10.3. The van der Waals surface area contributed by atoms with Crippen molar-refractivity contribution in [1.29, 1.82) is 0 Å². The van der Waals surface area contributed by atoms with Crippen LogP contribution in [0.3, 0.4) is 0 Å². The Kier molecular flexibility index (Phi) is 4.71. The van der Waals surface area contributed by atoms with Crippen LogP contribution in [0.15, 0.2) is 31.8 Å². The number of carbonyl (C=O) groups excluding carboxylic acids is 2. The predicted octanol–water partition coefficient (Wildman–Crippen LogP) is 4.37. The molecule has 0 radical (unpaired) electrons. The number of ether oxygens (including phenoxy) is 1. The molecule has 0 bridgehead atoms. The summed E-state index contributed by atoms with van der Waals surface area (Å²) in [5, 5.41) is 0. The fraction of sp³-hybridized carbons (Fsp3) is 0.0909. The van der Waals surface area contributed by atoms with Gasteiger partial charge in [-0.15, -0.1) is 22.7 Å². The van der Waals surface area contributed by atoms with Crippen molar-refractivity contribution in [2.24, 2.45) is 0 Å². The second kappa shape index (κ2) is 6.10. The van der Waals surface area contributed by atoms with Gasteiger partial charge >= 0.3 is 5.97 Å². The maximum Gasteiger partial charge on any atom is 0.348 e. The quantitative estimate of drug-likeness (QED) is 0.556. The summed E-state index contributed by atoms with van der Waals surface area (Å²) < 4.78 is 6.68. The number of carbonyl (C=O) groups is 2. The summed E-state index contributed by atoms with van der Waals surface area (Å²) in [6, 6.07) is 6.91. The summed E-state index contributed by atoms with van der Waals surface area (Å²) in [6.45, 7) is -0.235. The van der Waals surface area contributed by atoms with Crippen LogP contribution in [0.4, 0.5) is 0 Å². The van der Waals surface area contributed by atoms with Crippen LogP contribution in [0, 0.1) is 0 Å². The Labute approximate surface area is 128 Å². The van der Waals surface area contributed by atoms with Gasteiger partial charge in [0.1, 0.15) is 4.88 Å². The van der Waals surface area contributed by atoms with Crippen LogP contribution in [0.2, 0.25) is 0 Å². The number of hydrogen-bond acceptors (Lipinski definition) is 5. The molecule has 2 rings (SSSR count). The van der Waals surface area contributed by atoms with E-state index in [1.807, 2.05) is 0 Å². The zero-order valence-electron chi connectivity index (χ0n) is 8.81. The SMILES string of the molecule is O=C(COC(=O)c1ccc(Br)s1)c1ccc(Br)s1. The van der Waals surface area contributed by atoms with Crippen LogP contribution < -0.4 is 0 Å². The number of halogens is 2. The van der Waals surface area contributed by atoms with E-state index < -0.39 is 5.97 Å². The maximum absolute atomic E-state index is 11.7. The Morgan fingerprint density at radius 2 is 1.56 bits per heavy atom. The first kappa shape index (κ1) is 13.9. The van der Waals surface area contributed by atoms with E-state index in [1.165, 1.54) is 22.7 Å². The third-order valence-electron chi connectivity index (χ3n) is 1.96. The maximum atomic E-state index is 11.7. The zero-order valence-corrected chi connectivity index (χ0v) is 13.6. The molecule has 0 amide bonds. The van der Waals surface area contributed by atoms with E-state index in [1.54, 1.807) is 24.3 Å². The Balaban J connectivity index is 1.92. The summed E-state index contributed by atoms with van der Waals surface area (Å²) in [4.78, 5) is 24.4. The molecule has 0 unspecified atom stereocenters. The molecular weight excluding hydrogens is 404 g/mol. The highest BCUT2D eigenvalue weighted by molar-refractivity contribution is 9.11. The number of ketones is 1. The van der Waals surface area contributed by atoms with Gasteiger partial charge in [-0.1, -0.05) is 0 Å². The van der Waals surface area contributed by atoms with E-state index in [2.05, 4.69) is 31.9 Å². The van der Waals surface area contributed by atoms with Gasteiger partial charge in [-0.2, -0.15) is 0 Å². The number of esters is 1. The van der Waals surface area contributed by atoms with Gasteiger partial charge in [0.15, 0.2) is 6.61 Å². The highest BCUT2D eigenvalue weighted by atomic mass is 79.9. The van der Waals surface area contributed by atoms with Crippen molar-refractivity contribution in [3.8, 4) is 0 Å². The molecule has 0 aromatic carbocycles. The first-order valence-electron chi connectivity index (χ1n) is 4.77. The lowest BCUT2D eigenvalue weighted by molar-refractivity contribution is 0.0480. The van der Waals surface area contributed by atoms with Crippen molar-refractivity contribution in [2.75, 3.05) is 6.61 Å². The molecule has 7 heteroatoms.